The highest BCUT2D eigenvalue weighted by atomic mass is 127. The topological polar surface area (TPSA) is 48.2 Å². The molecule has 6 heteroatoms. The van der Waals surface area contributed by atoms with Gasteiger partial charge in [-0.15, -0.1) is 10.2 Å². The first kappa shape index (κ1) is 89.3. The lowest BCUT2D eigenvalue weighted by Crippen LogP contribution is -2.26. The third kappa shape index (κ3) is 23.0. The van der Waals surface area contributed by atoms with Crippen molar-refractivity contribution in [2.24, 2.45) is 0 Å². The molecule has 0 spiro atoms. The molecule has 0 saturated carbocycles. The number of benzene rings is 7. The molecule has 0 bridgehead atoms. The van der Waals surface area contributed by atoms with Crippen molar-refractivity contribution in [2.45, 2.75) is 387 Å². The number of unbranched alkanes of at least 4 members (excludes halogenated alkanes) is 35. The molecular weight excluding hydrogens is 1590 g/mol. The Labute approximate surface area is 710 Å². The van der Waals surface area contributed by atoms with Gasteiger partial charge in [0.25, 0.3) is 0 Å². The molecule has 1 aromatic heterocycles. The van der Waals surface area contributed by atoms with Gasteiger partial charge in [0.05, 0.1) is 9.04 Å². The van der Waals surface area contributed by atoms with Crippen molar-refractivity contribution in [3.8, 4) is 84.3 Å². The number of nitrogens with zero attached hydrogens (tertiary/aromatic N) is 2. The highest BCUT2D eigenvalue weighted by molar-refractivity contribution is 14.2. The minimum Gasteiger partial charge on any atom is -0.494 e. The second-order valence-electron chi connectivity index (χ2n) is 34.8. The SMILES string of the molecule is CCCCCCCCOc1ccc(-c2nnc(-c3cc(-c4ccc5c(c4)C(CCCCCCCC)(CCCCCCCC)c4cc(C)ccc4-5)cc4c3-c3ccc(-c5ccc6c(c5)C(CCCCCCCC)(CCCCCCCC)c5cc(C)ccc5-6)cc3C4(CCCCCCCC)CCCCCCCC)o2)cc1.ICI. The van der Waals surface area contributed by atoms with Crippen molar-refractivity contribution in [2.75, 3.05) is 9.04 Å². The number of fused-ring (bicyclic) bond motifs is 9. The van der Waals surface area contributed by atoms with Gasteiger partial charge >= 0.3 is 0 Å². The van der Waals surface area contributed by atoms with Gasteiger partial charge in [-0.05, 0) is 202 Å². The lowest BCUT2D eigenvalue weighted by molar-refractivity contribution is 0.304. The predicted molar refractivity (Wildman–Crippen MR) is 504 cm³/mol. The molecule has 0 fully saturated rings. The average Bonchev–Trinajstić information content (AvgIpc) is 1.55. The summed E-state index contributed by atoms with van der Waals surface area (Å²) in [6.07, 6.45) is 61.2. The Morgan fingerprint density at radius 3 is 0.920 bits per heavy atom. The van der Waals surface area contributed by atoms with Crippen molar-refractivity contribution in [3.63, 3.8) is 0 Å². The molecule has 8 aromatic rings. The van der Waals surface area contributed by atoms with Gasteiger partial charge in [-0.3, -0.25) is 0 Å². The Morgan fingerprint density at radius 2 is 0.545 bits per heavy atom. The third-order valence-electron chi connectivity index (χ3n) is 26.4. The fraction of sp³-hybridized carbons (Fsp3) is 0.585. The molecule has 0 atom stereocenters. The number of aryl methyl sites for hydroxylation is 2. The molecule has 0 aliphatic heterocycles. The van der Waals surface area contributed by atoms with Gasteiger partial charge in [0.2, 0.25) is 11.8 Å². The first-order chi connectivity index (χ1) is 55.0. The standard InChI is InChI=1S/C105H146N2O2.CH2I2/c1-10-17-24-31-38-45-66-103(67-46-39-32-25-18-11-2)94-73-80(8)52-61-88(94)90-63-56-83(76-96(90)103)84-58-65-92-98(77-84)105(70-49-42-35-28-21-14-5,71-50-43-36-29-22-15-6)99-79-86(75-93(100(92)99)102-107-106-101(109-102)82-54-59-87(60-55-82)108-72-51-44-37-30-23-16-7)85-57-64-91-89-62-53-81(9)74-95(89)104(97(91)78-85,68-47-40-33-26-19-12-3)69-48-41-34-27-20-13-4;2-1-3/h52-65,73-79H,10-51,66-72H2,1-9H3;1H2. The van der Waals surface area contributed by atoms with Gasteiger partial charge in [0.1, 0.15) is 5.75 Å². The fourth-order valence-electron chi connectivity index (χ4n) is 20.2. The van der Waals surface area contributed by atoms with Crippen LogP contribution in [0.4, 0.5) is 0 Å². The van der Waals surface area contributed by atoms with E-state index in [-0.39, 0.29) is 16.2 Å². The van der Waals surface area contributed by atoms with Crippen LogP contribution in [-0.4, -0.2) is 19.2 Å². The van der Waals surface area contributed by atoms with Gasteiger partial charge < -0.3 is 9.15 Å². The third-order valence-corrected chi connectivity index (χ3v) is 26.4. The number of ether oxygens (including phenoxy) is 1. The molecule has 7 aromatic carbocycles. The van der Waals surface area contributed by atoms with Crippen molar-refractivity contribution >= 4 is 45.2 Å². The summed E-state index contributed by atoms with van der Waals surface area (Å²) in [4.78, 5) is 0. The summed E-state index contributed by atoms with van der Waals surface area (Å²) in [5, 5.41) is 10.2. The van der Waals surface area contributed by atoms with Crippen LogP contribution in [0.1, 0.15) is 401 Å². The number of hydrogen-bond donors (Lipinski definition) is 0. The van der Waals surface area contributed by atoms with E-state index in [2.05, 4.69) is 235 Å². The highest BCUT2D eigenvalue weighted by Crippen LogP contribution is 2.61. The maximum absolute atomic E-state index is 7.26. The van der Waals surface area contributed by atoms with E-state index in [9.17, 15) is 0 Å². The lowest BCUT2D eigenvalue weighted by Gasteiger charge is -2.34. The van der Waals surface area contributed by atoms with Crippen LogP contribution in [0.3, 0.4) is 0 Å². The molecule has 4 nitrogen and oxygen atoms in total. The van der Waals surface area contributed by atoms with Gasteiger partial charge in [0.15, 0.2) is 0 Å². The summed E-state index contributed by atoms with van der Waals surface area (Å²) >= 11 is 4.55. The number of hydrogen-bond acceptors (Lipinski definition) is 4. The lowest BCUT2D eigenvalue weighted by atomic mass is 9.69. The number of aromatic nitrogens is 2. The summed E-state index contributed by atoms with van der Waals surface area (Å²) in [5.41, 5.74) is 27.6. The smallest absolute Gasteiger partial charge is 0.248 e. The molecule has 1 heterocycles. The summed E-state index contributed by atoms with van der Waals surface area (Å²) < 4.78 is 14.8. The van der Waals surface area contributed by atoms with Crippen LogP contribution in [0.25, 0.3) is 78.5 Å². The van der Waals surface area contributed by atoms with E-state index in [1.54, 1.807) is 22.3 Å². The molecule has 0 radical (unpaired) electrons. The summed E-state index contributed by atoms with van der Waals surface area (Å²) in [6.45, 7) is 21.8. The molecule has 0 unspecified atom stereocenters. The second kappa shape index (κ2) is 47.4. The Kier molecular flexibility index (Phi) is 37.8. The highest BCUT2D eigenvalue weighted by Gasteiger charge is 2.47. The largest absolute Gasteiger partial charge is 0.494 e. The molecule has 112 heavy (non-hydrogen) atoms. The van der Waals surface area contributed by atoms with Crippen LogP contribution in [-0.2, 0) is 16.2 Å². The zero-order valence-corrected chi connectivity index (χ0v) is 76.3. The second-order valence-corrected chi connectivity index (χ2v) is 39.3. The van der Waals surface area contributed by atoms with E-state index in [0.717, 1.165) is 42.7 Å². The van der Waals surface area contributed by atoms with Gasteiger partial charge in [-0.1, -0.05) is 441 Å². The minimum absolute atomic E-state index is 0.00673. The normalized spacial score (nSPS) is 13.7. The summed E-state index contributed by atoms with van der Waals surface area (Å²) in [7, 11) is 0. The molecule has 0 N–H and O–H groups in total. The van der Waals surface area contributed by atoms with E-state index < -0.39 is 0 Å². The maximum Gasteiger partial charge on any atom is 0.248 e. The molecule has 0 saturated heterocycles. The summed E-state index contributed by atoms with van der Waals surface area (Å²) in [5.74, 6) is 2.04. The Hall–Kier alpha value is -5.06. The Balaban J connectivity index is 0.00000437. The van der Waals surface area contributed by atoms with Crippen molar-refractivity contribution in [1.29, 1.82) is 0 Å². The van der Waals surface area contributed by atoms with Crippen molar-refractivity contribution in [3.05, 3.63) is 172 Å². The molecule has 3 aliphatic rings. The Morgan fingerprint density at radius 1 is 0.268 bits per heavy atom. The molecular formula is C106H148I2N2O2. The fourth-order valence-corrected chi connectivity index (χ4v) is 20.2. The minimum atomic E-state index is -0.247. The number of alkyl halides is 2. The molecule has 608 valence electrons. The maximum atomic E-state index is 7.26. The van der Waals surface area contributed by atoms with E-state index in [0.29, 0.717) is 11.8 Å². The zero-order chi connectivity index (χ0) is 78.8. The quantitative estimate of drug-likeness (QED) is 0.0217. The van der Waals surface area contributed by atoms with Crippen LogP contribution >= 0.6 is 45.2 Å². The van der Waals surface area contributed by atoms with E-state index in [1.165, 1.54) is 369 Å². The monoisotopic (exact) mass is 1730 g/mol. The molecule has 0 amide bonds. The van der Waals surface area contributed by atoms with Crippen LogP contribution in [0.15, 0.2) is 132 Å². The van der Waals surface area contributed by atoms with E-state index in [4.69, 9.17) is 19.4 Å². The van der Waals surface area contributed by atoms with E-state index >= 15 is 0 Å². The first-order valence-corrected chi connectivity index (χ1v) is 49.6. The van der Waals surface area contributed by atoms with Crippen LogP contribution in [0.2, 0.25) is 0 Å². The first-order valence-electron chi connectivity index (χ1n) is 46.6. The van der Waals surface area contributed by atoms with Gasteiger partial charge in [0, 0.05) is 27.4 Å². The van der Waals surface area contributed by atoms with Gasteiger partial charge in [-0.25, -0.2) is 0 Å². The molecule has 3 aliphatic carbocycles. The van der Waals surface area contributed by atoms with Crippen LogP contribution in [0.5, 0.6) is 5.75 Å². The summed E-state index contributed by atoms with van der Waals surface area (Å²) in [6, 6.07) is 52.1. The zero-order valence-electron chi connectivity index (χ0n) is 71.9. The van der Waals surface area contributed by atoms with Gasteiger partial charge in [-0.2, -0.15) is 0 Å². The van der Waals surface area contributed by atoms with Crippen molar-refractivity contribution in [1.82, 2.24) is 10.2 Å². The van der Waals surface area contributed by atoms with Crippen LogP contribution < -0.4 is 4.74 Å². The van der Waals surface area contributed by atoms with Crippen LogP contribution in [0, 0.1) is 13.8 Å². The number of halogens is 2. The van der Waals surface area contributed by atoms with E-state index in [1.807, 2.05) is 0 Å². The predicted octanol–water partition coefficient (Wildman–Crippen LogP) is 35.2. The Bertz CT molecular complexity index is 4030. The molecule has 11 rings (SSSR count). The number of rotatable bonds is 54. The van der Waals surface area contributed by atoms with Crippen molar-refractivity contribution < 1.29 is 9.15 Å². The average molecular weight is 1740 g/mol.